The van der Waals surface area contributed by atoms with E-state index in [0.29, 0.717) is 11.8 Å². The number of imide groups is 1. The normalized spacial score (nSPS) is 30.0. The van der Waals surface area contributed by atoms with E-state index in [4.69, 9.17) is 4.74 Å². The number of nitro benzene ring substituents is 1. The Bertz CT molecular complexity index is 1270. The number of allylic oxidation sites excluding steroid dienone is 2. The van der Waals surface area contributed by atoms with Crippen LogP contribution >= 0.6 is 0 Å². The molecule has 0 aromatic heterocycles. The lowest BCUT2D eigenvalue weighted by molar-refractivity contribution is -0.384. The SMILES string of the molecule is COc1cc([N+](=O)[O-])ccc1NC(=O)[C@@H](Cc1ccccc1)N1C(=O)[C@@H]2[C@@H]3C=C[C@H]([C@H]4C[C@H]34)[C@@H]2C1=O. The van der Waals surface area contributed by atoms with Crippen LogP contribution in [0.15, 0.2) is 60.7 Å². The number of hydrogen-bond donors (Lipinski definition) is 1. The number of anilines is 1. The second kappa shape index (κ2) is 8.29. The van der Waals surface area contributed by atoms with Crippen LogP contribution in [0.3, 0.4) is 0 Å². The van der Waals surface area contributed by atoms with Gasteiger partial charge in [-0.2, -0.15) is 0 Å². The van der Waals surface area contributed by atoms with Crippen molar-refractivity contribution in [2.75, 3.05) is 12.4 Å². The van der Waals surface area contributed by atoms with E-state index >= 15 is 0 Å². The summed E-state index contributed by atoms with van der Waals surface area (Å²) in [4.78, 5) is 52.9. The minimum absolute atomic E-state index is 0.0571. The Balaban J connectivity index is 1.33. The summed E-state index contributed by atoms with van der Waals surface area (Å²) in [5.74, 6) is -0.756. The number of benzene rings is 2. The zero-order chi connectivity index (χ0) is 25.1. The Morgan fingerprint density at radius 3 is 2.31 bits per heavy atom. The quantitative estimate of drug-likeness (QED) is 0.277. The van der Waals surface area contributed by atoms with Crippen molar-refractivity contribution >= 4 is 29.1 Å². The molecular formula is C27H25N3O6. The Morgan fingerprint density at radius 1 is 1.08 bits per heavy atom. The van der Waals surface area contributed by atoms with Crippen LogP contribution in [-0.4, -0.2) is 40.7 Å². The molecule has 184 valence electrons. The fourth-order valence-corrected chi connectivity index (χ4v) is 6.54. The Kier molecular flexibility index (Phi) is 5.17. The van der Waals surface area contributed by atoms with Crippen LogP contribution in [0.5, 0.6) is 5.75 Å². The van der Waals surface area contributed by atoms with E-state index in [1.54, 1.807) is 0 Å². The molecule has 2 saturated carbocycles. The lowest BCUT2D eigenvalue weighted by Gasteiger charge is -2.37. The van der Waals surface area contributed by atoms with Crippen molar-refractivity contribution in [2.45, 2.75) is 18.9 Å². The molecule has 1 heterocycles. The maximum absolute atomic E-state index is 13.7. The smallest absolute Gasteiger partial charge is 0.273 e. The maximum atomic E-state index is 13.7. The topological polar surface area (TPSA) is 119 Å². The molecule has 7 rings (SSSR count). The summed E-state index contributed by atoms with van der Waals surface area (Å²) >= 11 is 0. The van der Waals surface area contributed by atoms with Gasteiger partial charge < -0.3 is 10.1 Å². The summed E-state index contributed by atoms with van der Waals surface area (Å²) in [5.41, 5.74) is 0.861. The van der Waals surface area contributed by atoms with Gasteiger partial charge in [-0.3, -0.25) is 29.4 Å². The number of nitrogens with zero attached hydrogens (tertiary/aromatic N) is 2. The number of ether oxygens (including phenoxy) is 1. The lowest BCUT2D eigenvalue weighted by Crippen LogP contribution is -2.49. The fraction of sp³-hybridized carbons (Fsp3) is 0.370. The number of carbonyl (C=O) groups excluding carboxylic acids is 3. The second-order valence-electron chi connectivity index (χ2n) is 10.0. The molecule has 9 nitrogen and oxygen atoms in total. The molecule has 3 amide bonds. The van der Waals surface area contributed by atoms with Crippen molar-refractivity contribution in [3.63, 3.8) is 0 Å². The third-order valence-corrected chi connectivity index (χ3v) is 8.24. The van der Waals surface area contributed by atoms with Gasteiger partial charge in [0.05, 0.1) is 35.6 Å². The van der Waals surface area contributed by atoms with Crippen molar-refractivity contribution in [3.8, 4) is 5.75 Å². The highest BCUT2D eigenvalue weighted by atomic mass is 16.6. The molecule has 0 spiro atoms. The van der Waals surface area contributed by atoms with Gasteiger partial charge in [0, 0.05) is 12.5 Å². The van der Waals surface area contributed by atoms with Gasteiger partial charge >= 0.3 is 0 Å². The van der Waals surface area contributed by atoms with Gasteiger partial charge in [-0.15, -0.1) is 0 Å². The molecule has 0 unspecified atom stereocenters. The van der Waals surface area contributed by atoms with Gasteiger partial charge in [0.15, 0.2) is 0 Å². The number of amides is 3. The van der Waals surface area contributed by atoms with Crippen LogP contribution in [0.2, 0.25) is 0 Å². The van der Waals surface area contributed by atoms with E-state index in [9.17, 15) is 24.5 Å². The van der Waals surface area contributed by atoms with Crippen molar-refractivity contribution in [3.05, 3.63) is 76.4 Å². The Morgan fingerprint density at radius 2 is 1.72 bits per heavy atom. The number of nitro groups is 1. The van der Waals surface area contributed by atoms with Crippen LogP contribution in [0.25, 0.3) is 0 Å². The molecule has 3 fully saturated rings. The zero-order valence-corrected chi connectivity index (χ0v) is 19.6. The van der Waals surface area contributed by atoms with E-state index in [0.717, 1.165) is 12.0 Å². The molecule has 36 heavy (non-hydrogen) atoms. The number of methoxy groups -OCH3 is 1. The highest BCUT2D eigenvalue weighted by molar-refractivity contribution is 6.11. The summed E-state index contributed by atoms with van der Waals surface area (Å²) in [6.45, 7) is 0. The molecule has 1 saturated heterocycles. The monoisotopic (exact) mass is 487 g/mol. The van der Waals surface area contributed by atoms with Gasteiger partial charge in [-0.05, 0) is 41.7 Å². The summed E-state index contributed by atoms with van der Waals surface area (Å²) in [7, 11) is 1.35. The standard InChI is InChI=1S/C27H25N3O6/c1-36-22-12-15(30(34)35)7-10-20(22)28-25(31)21(11-14-5-3-2-4-6-14)29-26(32)23-16-8-9-17(19-13-18(16)19)24(23)27(29)33/h2-10,12,16-19,21,23-24H,11,13H2,1H3,(H,28,31)/t16-,17-,18-,19-,21-,23-,24+/m1/s1. The Hall–Kier alpha value is -4.01. The first-order valence-electron chi connectivity index (χ1n) is 12.1. The van der Waals surface area contributed by atoms with Gasteiger partial charge in [-0.1, -0.05) is 42.5 Å². The van der Waals surface area contributed by atoms with Gasteiger partial charge in [0.1, 0.15) is 11.8 Å². The fourth-order valence-electron chi connectivity index (χ4n) is 6.54. The molecule has 2 bridgehead atoms. The van der Waals surface area contributed by atoms with Gasteiger partial charge in [0.25, 0.3) is 5.69 Å². The van der Waals surface area contributed by atoms with E-state index in [2.05, 4.69) is 17.5 Å². The second-order valence-corrected chi connectivity index (χ2v) is 10.0. The largest absolute Gasteiger partial charge is 0.494 e. The van der Waals surface area contributed by atoms with Gasteiger partial charge in [0.2, 0.25) is 17.7 Å². The minimum Gasteiger partial charge on any atom is -0.494 e. The van der Waals surface area contributed by atoms with Crippen molar-refractivity contribution < 1.29 is 24.0 Å². The van der Waals surface area contributed by atoms with Crippen LogP contribution in [-0.2, 0) is 20.8 Å². The van der Waals surface area contributed by atoms with E-state index in [1.807, 2.05) is 30.3 Å². The van der Waals surface area contributed by atoms with Crippen LogP contribution in [0.1, 0.15) is 12.0 Å². The van der Waals surface area contributed by atoms with E-state index in [-0.39, 0.29) is 47.2 Å². The zero-order valence-electron chi connectivity index (χ0n) is 19.6. The molecular weight excluding hydrogens is 462 g/mol. The molecule has 2 aromatic carbocycles. The molecule has 4 aliphatic carbocycles. The number of rotatable bonds is 7. The summed E-state index contributed by atoms with van der Waals surface area (Å²) in [6.07, 6.45) is 5.42. The third-order valence-electron chi connectivity index (χ3n) is 8.24. The van der Waals surface area contributed by atoms with Crippen molar-refractivity contribution in [1.29, 1.82) is 0 Å². The molecule has 5 aliphatic rings. The summed E-state index contributed by atoms with van der Waals surface area (Å²) < 4.78 is 5.26. The average Bonchev–Trinajstić information content (AvgIpc) is 3.67. The number of hydrogen-bond acceptors (Lipinski definition) is 6. The molecule has 9 heteroatoms. The van der Waals surface area contributed by atoms with E-state index in [1.165, 1.54) is 30.2 Å². The predicted molar refractivity (Wildman–Crippen MR) is 129 cm³/mol. The van der Waals surface area contributed by atoms with Crippen LogP contribution in [0.4, 0.5) is 11.4 Å². The number of likely N-dealkylation sites (tertiary alicyclic amines) is 1. The maximum Gasteiger partial charge on any atom is 0.273 e. The van der Waals surface area contributed by atoms with Crippen molar-refractivity contribution in [1.82, 2.24) is 4.90 Å². The molecule has 2 aromatic rings. The highest BCUT2D eigenvalue weighted by Gasteiger charge is 2.67. The van der Waals surface area contributed by atoms with Crippen LogP contribution < -0.4 is 10.1 Å². The third kappa shape index (κ3) is 3.41. The highest BCUT2D eigenvalue weighted by Crippen LogP contribution is 2.65. The summed E-state index contributed by atoms with van der Waals surface area (Å²) in [6, 6.07) is 12.1. The molecule has 1 aliphatic heterocycles. The number of non-ortho nitro benzene ring substituents is 1. The minimum atomic E-state index is -1.06. The first-order chi connectivity index (χ1) is 17.4. The first-order valence-corrected chi connectivity index (χ1v) is 12.1. The predicted octanol–water partition coefficient (Wildman–Crippen LogP) is 3.21. The summed E-state index contributed by atoms with van der Waals surface area (Å²) in [5, 5.41) is 13.9. The van der Waals surface area contributed by atoms with E-state index < -0.39 is 28.7 Å². The number of nitrogens with one attached hydrogen (secondary N) is 1. The van der Waals surface area contributed by atoms with Crippen molar-refractivity contribution in [2.24, 2.45) is 35.5 Å². The Labute approximate surface area is 207 Å². The van der Waals surface area contributed by atoms with Crippen LogP contribution in [0, 0.1) is 45.6 Å². The lowest BCUT2D eigenvalue weighted by atomic mass is 9.63. The first kappa shape index (κ1) is 22.5. The molecule has 1 N–H and O–H groups in total. The average molecular weight is 488 g/mol. The molecule has 7 atom stereocenters. The molecule has 0 radical (unpaired) electrons. The van der Waals surface area contributed by atoms with Gasteiger partial charge in [-0.25, -0.2) is 0 Å². The number of carbonyl (C=O) groups is 3.